The van der Waals surface area contributed by atoms with Crippen molar-refractivity contribution in [1.29, 1.82) is 0 Å². The van der Waals surface area contributed by atoms with Gasteiger partial charge in [0.15, 0.2) is 0 Å². The van der Waals surface area contributed by atoms with Gasteiger partial charge in [0.2, 0.25) is 0 Å². The standard InChI is InChI=1S/C28H22F6N4O4/c1-26(30,31)22-19-13-41-25(37-23(39)15-5-3-2-4-6-15)38-27(19,14-42-22)18-11-17(8-9-20(18)29)36-24(40)21-10-7-16(12-35-21)28(32,33)34/h2-12,19,22H,13-14H2,1H3,(H,36,40)(H,37,38,39)/t19-,22+,27-/m1/s1. The highest BCUT2D eigenvalue weighted by atomic mass is 19.4. The zero-order valence-electron chi connectivity index (χ0n) is 21.7. The molecule has 14 heteroatoms. The number of aliphatic imine (C=N–C) groups is 1. The van der Waals surface area contributed by atoms with Crippen LogP contribution < -0.4 is 10.6 Å². The molecule has 3 atom stereocenters. The van der Waals surface area contributed by atoms with Crippen LogP contribution in [-0.2, 0) is 21.2 Å². The van der Waals surface area contributed by atoms with Gasteiger partial charge in [0.1, 0.15) is 23.2 Å². The summed E-state index contributed by atoms with van der Waals surface area (Å²) in [6.07, 6.45) is -5.87. The Morgan fingerprint density at radius 2 is 1.71 bits per heavy atom. The summed E-state index contributed by atoms with van der Waals surface area (Å²) in [6.45, 7) is -0.268. The summed E-state index contributed by atoms with van der Waals surface area (Å²) in [7, 11) is 0. The van der Waals surface area contributed by atoms with Gasteiger partial charge in [-0.2, -0.15) is 13.2 Å². The predicted octanol–water partition coefficient (Wildman–Crippen LogP) is 5.17. The Morgan fingerprint density at radius 1 is 0.976 bits per heavy atom. The summed E-state index contributed by atoms with van der Waals surface area (Å²) in [5.74, 6) is -6.94. The molecule has 0 bridgehead atoms. The van der Waals surface area contributed by atoms with Crippen LogP contribution in [0.2, 0.25) is 0 Å². The number of amides is 2. The number of hydrogen-bond donors (Lipinski definition) is 2. The second kappa shape index (κ2) is 10.7. The third kappa shape index (κ3) is 5.66. The molecule has 0 saturated carbocycles. The summed E-state index contributed by atoms with van der Waals surface area (Å²) in [5, 5.41) is 4.88. The lowest BCUT2D eigenvalue weighted by molar-refractivity contribution is -0.137. The number of hydrogen-bond acceptors (Lipinski definition) is 6. The maximum absolute atomic E-state index is 15.4. The quantitative estimate of drug-likeness (QED) is 0.398. The first-order chi connectivity index (χ1) is 19.8. The Hall–Kier alpha value is -4.46. The lowest BCUT2D eigenvalue weighted by Gasteiger charge is -2.37. The molecule has 220 valence electrons. The molecule has 2 amide bonds. The van der Waals surface area contributed by atoms with Gasteiger partial charge >= 0.3 is 6.18 Å². The number of ether oxygens (including phenoxy) is 2. The molecule has 2 aliphatic heterocycles. The maximum Gasteiger partial charge on any atom is 0.417 e. The highest BCUT2D eigenvalue weighted by Crippen LogP contribution is 2.50. The number of anilines is 1. The van der Waals surface area contributed by atoms with Crippen LogP contribution in [0.15, 0.2) is 71.9 Å². The molecule has 0 radical (unpaired) electrons. The summed E-state index contributed by atoms with van der Waals surface area (Å²) in [6, 6.07) is 12.5. The number of pyridine rings is 1. The van der Waals surface area contributed by atoms with Crippen LogP contribution in [0.5, 0.6) is 0 Å². The zero-order chi connectivity index (χ0) is 30.3. The smallest absolute Gasteiger partial charge is 0.417 e. The van der Waals surface area contributed by atoms with Gasteiger partial charge in [0.25, 0.3) is 23.8 Å². The third-order valence-electron chi connectivity index (χ3n) is 6.93. The van der Waals surface area contributed by atoms with Gasteiger partial charge in [-0.1, -0.05) is 18.2 Å². The lowest BCUT2D eigenvalue weighted by Crippen LogP contribution is -2.50. The van der Waals surface area contributed by atoms with E-state index < -0.39 is 66.1 Å². The molecule has 0 unspecified atom stereocenters. The first kappa shape index (κ1) is 29.0. The van der Waals surface area contributed by atoms with Gasteiger partial charge in [-0.15, -0.1) is 0 Å². The third-order valence-corrected chi connectivity index (χ3v) is 6.93. The van der Waals surface area contributed by atoms with E-state index in [9.17, 15) is 31.5 Å². The minimum absolute atomic E-state index is 0.0190. The van der Waals surface area contributed by atoms with Crippen molar-refractivity contribution in [3.05, 3.63) is 95.1 Å². The number of amidine groups is 1. The number of nitrogens with one attached hydrogen (secondary N) is 2. The number of nitrogens with zero attached hydrogens (tertiary/aromatic N) is 2. The largest absolute Gasteiger partial charge is 0.464 e. The second-order valence-corrected chi connectivity index (χ2v) is 9.85. The van der Waals surface area contributed by atoms with E-state index in [1.54, 1.807) is 18.2 Å². The van der Waals surface area contributed by atoms with Crippen LogP contribution in [0, 0.1) is 11.7 Å². The molecule has 42 heavy (non-hydrogen) atoms. The fourth-order valence-electron chi connectivity index (χ4n) is 4.90. The van der Waals surface area contributed by atoms with Gasteiger partial charge in [-0.05, 0) is 42.5 Å². The van der Waals surface area contributed by atoms with Crippen LogP contribution in [0.25, 0.3) is 0 Å². The SMILES string of the molecule is CC(F)(F)[C@H]1OC[C@]2(c3cc(NC(=O)c4ccc(C(F)(F)F)cn4)ccc3F)N=C(NC(=O)c3ccccc3)OC[C@H]12. The maximum atomic E-state index is 15.4. The van der Waals surface area contributed by atoms with Crippen molar-refractivity contribution < 1.29 is 45.4 Å². The van der Waals surface area contributed by atoms with E-state index in [1.807, 2.05) is 0 Å². The van der Waals surface area contributed by atoms with Gasteiger partial charge in [0.05, 0.1) is 24.7 Å². The van der Waals surface area contributed by atoms with Crippen molar-refractivity contribution in [1.82, 2.24) is 10.3 Å². The van der Waals surface area contributed by atoms with E-state index >= 15 is 4.39 Å². The number of carbonyl (C=O) groups excluding carboxylic acids is 2. The molecule has 1 fully saturated rings. The number of aromatic nitrogens is 1. The first-order valence-corrected chi connectivity index (χ1v) is 12.5. The molecule has 1 saturated heterocycles. The van der Waals surface area contributed by atoms with Gasteiger partial charge in [-0.25, -0.2) is 18.2 Å². The Kier molecular flexibility index (Phi) is 7.43. The molecule has 1 aromatic heterocycles. The normalized spacial score (nSPS) is 22.0. The van der Waals surface area contributed by atoms with Gasteiger partial charge in [-0.3, -0.25) is 19.9 Å². The van der Waals surface area contributed by atoms with E-state index in [2.05, 4.69) is 20.6 Å². The number of rotatable bonds is 5. The van der Waals surface area contributed by atoms with Gasteiger partial charge in [0, 0.05) is 29.9 Å². The second-order valence-electron chi connectivity index (χ2n) is 9.85. The van der Waals surface area contributed by atoms with Crippen molar-refractivity contribution in [3.8, 4) is 0 Å². The molecular weight excluding hydrogens is 570 g/mol. The van der Waals surface area contributed by atoms with E-state index in [1.165, 1.54) is 18.2 Å². The summed E-state index contributed by atoms with van der Waals surface area (Å²) in [5.41, 5.74) is -3.19. The van der Waals surface area contributed by atoms with Crippen molar-refractivity contribution in [2.75, 3.05) is 18.5 Å². The van der Waals surface area contributed by atoms with E-state index in [0.717, 1.165) is 18.2 Å². The number of benzene rings is 2. The number of halogens is 6. The highest BCUT2D eigenvalue weighted by Gasteiger charge is 2.60. The van der Waals surface area contributed by atoms with Crippen molar-refractivity contribution in [2.24, 2.45) is 10.9 Å². The summed E-state index contributed by atoms with van der Waals surface area (Å²) < 4.78 is 93.9. The predicted molar refractivity (Wildman–Crippen MR) is 136 cm³/mol. The fraction of sp³-hybridized carbons (Fsp3) is 0.286. The van der Waals surface area contributed by atoms with E-state index in [0.29, 0.717) is 19.2 Å². The minimum atomic E-state index is -4.65. The molecule has 2 aromatic carbocycles. The Balaban J connectivity index is 1.48. The van der Waals surface area contributed by atoms with E-state index in [4.69, 9.17) is 9.47 Å². The van der Waals surface area contributed by atoms with Crippen LogP contribution >= 0.6 is 0 Å². The monoisotopic (exact) mass is 592 g/mol. The molecule has 0 spiro atoms. The molecule has 0 aliphatic carbocycles. The number of fused-ring (bicyclic) bond motifs is 1. The Morgan fingerprint density at radius 3 is 2.36 bits per heavy atom. The first-order valence-electron chi connectivity index (χ1n) is 12.5. The minimum Gasteiger partial charge on any atom is -0.464 e. The molecular formula is C28H22F6N4O4. The van der Waals surface area contributed by atoms with Gasteiger partial charge < -0.3 is 14.8 Å². The molecule has 3 aromatic rings. The zero-order valence-corrected chi connectivity index (χ0v) is 21.7. The molecule has 5 rings (SSSR count). The van der Waals surface area contributed by atoms with Crippen LogP contribution in [0.4, 0.5) is 32.0 Å². The highest BCUT2D eigenvalue weighted by molar-refractivity contribution is 6.04. The average Bonchev–Trinajstić information content (AvgIpc) is 3.34. The number of carbonyl (C=O) groups is 2. The number of alkyl halides is 5. The van der Waals surface area contributed by atoms with E-state index in [-0.39, 0.29) is 28.5 Å². The van der Waals surface area contributed by atoms with Crippen molar-refractivity contribution in [2.45, 2.75) is 30.7 Å². The molecule has 2 N–H and O–H groups in total. The fourth-order valence-corrected chi connectivity index (χ4v) is 4.90. The topological polar surface area (TPSA) is 102 Å². The Bertz CT molecular complexity index is 1530. The van der Waals surface area contributed by atoms with Crippen LogP contribution in [0.3, 0.4) is 0 Å². The van der Waals surface area contributed by atoms with Crippen molar-refractivity contribution >= 4 is 23.5 Å². The van der Waals surface area contributed by atoms with Crippen molar-refractivity contribution in [3.63, 3.8) is 0 Å². The van der Waals surface area contributed by atoms with Crippen LogP contribution in [0.1, 0.15) is 38.9 Å². The Labute approximate surface area is 234 Å². The average molecular weight is 592 g/mol. The molecule has 8 nitrogen and oxygen atoms in total. The lowest BCUT2D eigenvalue weighted by atomic mass is 9.76. The van der Waals surface area contributed by atoms with Crippen LogP contribution in [-0.4, -0.2) is 48.1 Å². The molecule has 2 aliphatic rings. The summed E-state index contributed by atoms with van der Waals surface area (Å²) >= 11 is 0. The summed E-state index contributed by atoms with van der Waals surface area (Å²) in [4.78, 5) is 33.3. The molecule has 3 heterocycles.